The molecule has 2 aromatic carbocycles. The van der Waals surface area contributed by atoms with Crippen LogP contribution < -0.4 is 4.74 Å². The first kappa shape index (κ1) is 19.3. The Bertz CT molecular complexity index is 914. The fourth-order valence-electron chi connectivity index (χ4n) is 2.43. The molecule has 0 saturated carbocycles. The number of thiazole rings is 1. The summed E-state index contributed by atoms with van der Waals surface area (Å²) in [6, 6.07) is 13.5. The van der Waals surface area contributed by atoms with Gasteiger partial charge in [0.2, 0.25) is 5.91 Å². The molecule has 3 rings (SSSR count). The molecule has 0 spiro atoms. The van der Waals surface area contributed by atoms with Crippen molar-refractivity contribution in [1.29, 1.82) is 0 Å². The van der Waals surface area contributed by atoms with Gasteiger partial charge in [-0.25, -0.2) is 9.37 Å². The number of hydrogen-bond acceptors (Lipinski definition) is 4. The quantitative estimate of drug-likeness (QED) is 0.572. The average molecular weight is 405 g/mol. The molecule has 27 heavy (non-hydrogen) atoms. The highest BCUT2D eigenvalue weighted by molar-refractivity contribution is 7.09. The van der Waals surface area contributed by atoms with Crippen LogP contribution in [0.3, 0.4) is 0 Å². The van der Waals surface area contributed by atoms with E-state index in [0.29, 0.717) is 28.6 Å². The van der Waals surface area contributed by atoms with Gasteiger partial charge in [-0.1, -0.05) is 29.8 Å². The fraction of sp³-hybridized carbons (Fsp3) is 0.200. The largest absolute Gasteiger partial charge is 0.486 e. The lowest BCUT2D eigenvalue weighted by atomic mass is 10.2. The van der Waals surface area contributed by atoms with Gasteiger partial charge in [-0.15, -0.1) is 11.3 Å². The zero-order valence-electron chi connectivity index (χ0n) is 14.7. The molecule has 0 N–H and O–H groups in total. The Morgan fingerprint density at radius 1 is 1.22 bits per heavy atom. The van der Waals surface area contributed by atoms with Crippen LogP contribution in [0.5, 0.6) is 5.75 Å². The van der Waals surface area contributed by atoms with Crippen molar-refractivity contribution >= 4 is 28.8 Å². The number of ether oxygens (including phenoxy) is 1. The predicted molar refractivity (Wildman–Crippen MR) is 104 cm³/mol. The monoisotopic (exact) mass is 404 g/mol. The molecule has 0 aliphatic heterocycles. The molecule has 0 radical (unpaired) electrons. The van der Waals surface area contributed by atoms with Crippen LogP contribution in [-0.2, 0) is 24.4 Å². The maximum absolute atomic E-state index is 13.7. The van der Waals surface area contributed by atoms with Gasteiger partial charge in [0, 0.05) is 29.6 Å². The van der Waals surface area contributed by atoms with E-state index in [0.717, 1.165) is 5.01 Å². The highest BCUT2D eigenvalue weighted by Gasteiger charge is 2.14. The van der Waals surface area contributed by atoms with Crippen LogP contribution in [0.15, 0.2) is 53.9 Å². The molecule has 1 amide bonds. The minimum atomic E-state index is -0.313. The van der Waals surface area contributed by atoms with E-state index < -0.39 is 0 Å². The van der Waals surface area contributed by atoms with Gasteiger partial charge in [-0.05, 0) is 30.3 Å². The van der Waals surface area contributed by atoms with Gasteiger partial charge in [-0.3, -0.25) is 4.79 Å². The Kier molecular flexibility index (Phi) is 6.42. The predicted octanol–water partition coefficient (Wildman–Crippen LogP) is 4.72. The lowest BCUT2D eigenvalue weighted by Gasteiger charge is -2.17. The molecule has 4 nitrogen and oxygen atoms in total. The SMILES string of the molecule is CN(Cc1ccccc1F)C(=O)Cc1csc(COc2ccc(Cl)cc2)n1. The number of carbonyl (C=O) groups is 1. The minimum Gasteiger partial charge on any atom is -0.486 e. The summed E-state index contributed by atoms with van der Waals surface area (Å²) in [4.78, 5) is 18.3. The number of rotatable bonds is 7. The summed E-state index contributed by atoms with van der Waals surface area (Å²) in [6.07, 6.45) is 0.169. The lowest BCUT2D eigenvalue weighted by molar-refractivity contribution is -0.129. The van der Waals surface area contributed by atoms with Gasteiger partial charge in [-0.2, -0.15) is 0 Å². The first-order valence-electron chi connectivity index (χ1n) is 8.30. The minimum absolute atomic E-state index is 0.117. The molecule has 0 saturated heterocycles. The summed E-state index contributed by atoms with van der Waals surface area (Å²) in [5, 5.41) is 3.27. The molecule has 0 aliphatic rings. The second-order valence-corrected chi connectivity index (χ2v) is 7.37. The van der Waals surface area contributed by atoms with Crippen LogP contribution in [0.2, 0.25) is 5.02 Å². The van der Waals surface area contributed by atoms with Crippen molar-refractivity contribution in [2.75, 3.05) is 7.05 Å². The van der Waals surface area contributed by atoms with Gasteiger partial charge in [0.25, 0.3) is 0 Å². The molecule has 0 fully saturated rings. The topological polar surface area (TPSA) is 42.4 Å². The van der Waals surface area contributed by atoms with Crippen molar-refractivity contribution in [3.05, 3.63) is 81.0 Å². The smallest absolute Gasteiger partial charge is 0.228 e. The third-order valence-corrected chi connectivity index (χ3v) is 5.02. The van der Waals surface area contributed by atoms with E-state index in [9.17, 15) is 9.18 Å². The standard InChI is InChI=1S/C20H18ClFN2O2S/c1-24(11-14-4-2-3-5-18(14)22)20(25)10-16-13-27-19(23-16)12-26-17-8-6-15(21)7-9-17/h2-9,13H,10-12H2,1H3. The number of aromatic nitrogens is 1. The Labute approximate surface area is 166 Å². The number of amides is 1. The molecule has 3 aromatic rings. The number of likely N-dealkylation sites (N-methyl/N-ethyl adjacent to an activating group) is 1. The summed E-state index contributed by atoms with van der Waals surface area (Å²) in [7, 11) is 1.66. The molecule has 1 heterocycles. The zero-order chi connectivity index (χ0) is 19.2. The molecular weight excluding hydrogens is 387 g/mol. The first-order chi connectivity index (χ1) is 13.0. The fourth-order valence-corrected chi connectivity index (χ4v) is 3.26. The van der Waals surface area contributed by atoms with Crippen molar-refractivity contribution in [2.45, 2.75) is 19.6 Å². The van der Waals surface area contributed by atoms with Crippen LogP contribution in [0.1, 0.15) is 16.3 Å². The van der Waals surface area contributed by atoms with Crippen LogP contribution in [0, 0.1) is 5.82 Å². The second-order valence-electron chi connectivity index (χ2n) is 5.99. The van der Waals surface area contributed by atoms with Crippen LogP contribution in [0.25, 0.3) is 0 Å². The third kappa shape index (κ3) is 5.52. The number of halogens is 2. The van der Waals surface area contributed by atoms with Crippen LogP contribution in [0.4, 0.5) is 4.39 Å². The van der Waals surface area contributed by atoms with Gasteiger partial charge >= 0.3 is 0 Å². The summed E-state index contributed by atoms with van der Waals surface area (Å²) >= 11 is 7.28. The normalized spacial score (nSPS) is 10.6. The Hall–Kier alpha value is -2.44. The van der Waals surface area contributed by atoms with Gasteiger partial charge < -0.3 is 9.64 Å². The van der Waals surface area contributed by atoms with E-state index in [1.54, 1.807) is 49.5 Å². The molecular formula is C20H18ClFN2O2S. The summed E-state index contributed by atoms with van der Waals surface area (Å²) in [5.74, 6) is 0.276. The molecule has 7 heteroatoms. The Morgan fingerprint density at radius 3 is 2.70 bits per heavy atom. The van der Waals surface area contributed by atoms with E-state index in [4.69, 9.17) is 16.3 Å². The van der Waals surface area contributed by atoms with Crippen molar-refractivity contribution < 1.29 is 13.9 Å². The van der Waals surface area contributed by atoms with E-state index >= 15 is 0 Å². The van der Waals surface area contributed by atoms with E-state index in [2.05, 4.69) is 4.98 Å². The third-order valence-electron chi connectivity index (χ3n) is 3.90. The number of carbonyl (C=O) groups excluding carboxylic acids is 1. The van der Waals surface area contributed by atoms with Gasteiger partial charge in [0.1, 0.15) is 23.2 Å². The number of benzene rings is 2. The molecule has 0 aliphatic carbocycles. The van der Waals surface area contributed by atoms with Crippen molar-refractivity contribution in [1.82, 2.24) is 9.88 Å². The van der Waals surface area contributed by atoms with E-state index in [1.807, 2.05) is 5.38 Å². The molecule has 1 aromatic heterocycles. The van der Waals surface area contributed by atoms with E-state index in [1.165, 1.54) is 22.3 Å². The molecule has 0 atom stereocenters. The van der Waals surface area contributed by atoms with Gasteiger partial charge in [0.15, 0.2) is 0 Å². The Balaban J connectivity index is 1.52. The molecule has 0 unspecified atom stereocenters. The summed E-state index contributed by atoms with van der Waals surface area (Å²) < 4.78 is 19.4. The van der Waals surface area contributed by atoms with Crippen molar-refractivity contribution in [3.63, 3.8) is 0 Å². The molecule has 0 bridgehead atoms. The van der Waals surface area contributed by atoms with Crippen LogP contribution in [-0.4, -0.2) is 22.8 Å². The van der Waals surface area contributed by atoms with Crippen molar-refractivity contribution in [3.8, 4) is 5.75 Å². The second kappa shape index (κ2) is 8.97. The molecule has 140 valence electrons. The number of hydrogen-bond donors (Lipinski definition) is 0. The maximum Gasteiger partial charge on any atom is 0.228 e. The highest BCUT2D eigenvalue weighted by Crippen LogP contribution is 2.19. The average Bonchev–Trinajstić information content (AvgIpc) is 3.10. The highest BCUT2D eigenvalue weighted by atomic mass is 35.5. The first-order valence-corrected chi connectivity index (χ1v) is 9.56. The zero-order valence-corrected chi connectivity index (χ0v) is 16.3. The summed E-state index contributed by atoms with van der Waals surface area (Å²) in [6.45, 7) is 0.549. The maximum atomic E-state index is 13.7. The van der Waals surface area contributed by atoms with Gasteiger partial charge in [0.05, 0.1) is 12.1 Å². The van der Waals surface area contributed by atoms with Crippen molar-refractivity contribution in [2.24, 2.45) is 0 Å². The Morgan fingerprint density at radius 2 is 1.96 bits per heavy atom. The van der Waals surface area contributed by atoms with Crippen LogP contribution >= 0.6 is 22.9 Å². The number of nitrogens with zero attached hydrogens (tertiary/aromatic N) is 2. The summed E-state index contributed by atoms with van der Waals surface area (Å²) in [5.41, 5.74) is 1.17. The van der Waals surface area contributed by atoms with E-state index in [-0.39, 0.29) is 24.7 Å². The lowest BCUT2D eigenvalue weighted by Crippen LogP contribution is -2.28.